The van der Waals surface area contributed by atoms with Crippen molar-refractivity contribution in [3.63, 3.8) is 0 Å². The van der Waals surface area contributed by atoms with Crippen molar-refractivity contribution >= 4 is 17.6 Å². The van der Waals surface area contributed by atoms with Crippen LogP contribution < -0.4 is 22.3 Å². The molecule has 6 N–H and O–H groups in total. The number of hydrogen-bond donors (Lipinski definition) is 4. The Morgan fingerprint density at radius 3 is 2.83 bits per heavy atom. The first-order valence-electron chi connectivity index (χ1n) is 5.44. The number of anilines is 3. The normalized spacial score (nSPS) is 10.3. The summed E-state index contributed by atoms with van der Waals surface area (Å²) in [7, 11) is 0. The highest BCUT2D eigenvalue weighted by atomic mass is 15.3. The van der Waals surface area contributed by atoms with Gasteiger partial charge in [0.25, 0.3) is 0 Å². The van der Waals surface area contributed by atoms with Crippen LogP contribution in [0, 0.1) is 0 Å². The van der Waals surface area contributed by atoms with Gasteiger partial charge in [-0.05, 0) is 6.92 Å². The highest BCUT2D eigenvalue weighted by Crippen LogP contribution is 2.12. The molecule has 0 aliphatic rings. The van der Waals surface area contributed by atoms with Crippen LogP contribution in [-0.2, 0) is 13.1 Å². The first-order valence-corrected chi connectivity index (χ1v) is 5.44. The maximum Gasteiger partial charge on any atom is 0.223 e. The lowest BCUT2D eigenvalue weighted by Gasteiger charge is -2.08. The molecule has 96 valence electrons. The van der Waals surface area contributed by atoms with Gasteiger partial charge in [0.2, 0.25) is 5.95 Å². The summed E-state index contributed by atoms with van der Waals surface area (Å²) in [4.78, 5) is 7.93. The van der Waals surface area contributed by atoms with Crippen molar-refractivity contribution in [2.45, 2.75) is 20.0 Å². The Kier molecular flexibility index (Phi) is 3.53. The molecule has 0 saturated heterocycles. The monoisotopic (exact) mass is 249 g/mol. The topological polar surface area (TPSA) is 133 Å². The molecule has 0 amide bonds. The number of nitrogen functional groups attached to an aromatic ring is 2. The average molecular weight is 249 g/mol. The van der Waals surface area contributed by atoms with Crippen molar-refractivity contribution < 1.29 is 0 Å². The van der Waals surface area contributed by atoms with Gasteiger partial charge in [-0.15, -0.1) is 10.2 Å². The van der Waals surface area contributed by atoms with Gasteiger partial charge in [0.15, 0.2) is 5.82 Å². The fraction of sp³-hybridized carbons (Fsp3) is 0.333. The maximum atomic E-state index is 5.55. The van der Waals surface area contributed by atoms with E-state index >= 15 is 0 Å². The number of hydrogen-bond acceptors (Lipinski definition) is 8. The van der Waals surface area contributed by atoms with Gasteiger partial charge in [0.1, 0.15) is 18.0 Å². The second-order valence-electron chi connectivity index (χ2n) is 3.53. The van der Waals surface area contributed by atoms with Gasteiger partial charge in [-0.2, -0.15) is 9.97 Å². The molecule has 0 bridgehead atoms. The minimum absolute atomic E-state index is 0.143. The minimum atomic E-state index is 0.143. The SMILES string of the molecule is CCn1cnnc1CNc1cc(NN)nc(N)n1. The first-order chi connectivity index (χ1) is 8.72. The molecule has 0 aliphatic heterocycles. The van der Waals surface area contributed by atoms with Crippen LogP contribution in [0.5, 0.6) is 0 Å². The van der Waals surface area contributed by atoms with Gasteiger partial charge in [-0.25, -0.2) is 5.84 Å². The molecule has 0 unspecified atom stereocenters. The summed E-state index contributed by atoms with van der Waals surface area (Å²) in [5, 5.41) is 10.9. The van der Waals surface area contributed by atoms with Crippen molar-refractivity contribution in [3.8, 4) is 0 Å². The zero-order chi connectivity index (χ0) is 13.0. The number of rotatable bonds is 5. The smallest absolute Gasteiger partial charge is 0.223 e. The maximum absolute atomic E-state index is 5.55. The van der Waals surface area contributed by atoms with Crippen LogP contribution >= 0.6 is 0 Å². The van der Waals surface area contributed by atoms with Gasteiger partial charge in [-0.3, -0.25) is 0 Å². The van der Waals surface area contributed by atoms with Crippen molar-refractivity contribution in [1.29, 1.82) is 0 Å². The lowest BCUT2D eigenvalue weighted by Crippen LogP contribution is -2.13. The van der Waals surface area contributed by atoms with Crippen LogP contribution in [0.2, 0.25) is 0 Å². The summed E-state index contributed by atoms with van der Waals surface area (Å²) >= 11 is 0. The third-order valence-corrected chi connectivity index (χ3v) is 2.36. The Labute approximate surface area is 104 Å². The number of aryl methyl sites for hydroxylation is 1. The van der Waals surface area contributed by atoms with E-state index < -0.39 is 0 Å². The third kappa shape index (κ3) is 2.63. The quantitative estimate of drug-likeness (QED) is 0.414. The van der Waals surface area contributed by atoms with Crippen molar-refractivity contribution in [2.24, 2.45) is 5.84 Å². The van der Waals surface area contributed by atoms with Gasteiger partial charge >= 0.3 is 0 Å². The molecule has 9 nitrogen and oxygen atoms in total. The van der Waals surface area contributed by atoms with Gasteiger partial charge in [-0.1, -0.05) is 0 Å². The highest BCUT2D eigenvalue weighted by Gasteiger charge is 2.05. The molecule has 0 aliphatic carbocycles. The van der Waals surface area contributed by atoms with E-state index in [9.17, 15) is 0 Å². The molecular weight excluding hydrogens is 234 g/mol. The fourth-order valence-corrected chi connectivity index (χ4v) is 1.48. The van der Waals surface area contributed by atoms with E-state index in [1.165, 1.54) is 0 Å². The number of nitrogens with one attached hydrogen (secondary N) is 2. The van der Waals surface area contributed by atoms with Crippen LogP contribution in [0.3, 0.4) is 0 Å². The summed E-state index contributed by atoms with van der Waals surface area (Å²) in [6, 6.07) is 1.66. The fourth-order valence-electron chi connectivity index (χ4n) is 1.48. The predicted octanol–water partition coefficient (Wildman–Crippen LogP) is -0.432. The lowest BCUT2D eigenvalue weighted by molar-refractivity contribution is 0.707. The summed E-state index contributed by atoms with van der Waals surface area (Å²) in [5.74, 6) is 7.25. The summed E-state index contributed by atoms with van der Waals surface area (Å²) < 4.78 is 1.93. The minimum Gasteiger partial charge on any atom is -0.368 e. The molecule has 2 aromatic rings. The zero-order valence-corrected chi connectivity index (χ0v) is 9.96. The third-order valence-electron chi connectivity index (χ3n) is 2.36. The van der Waals surface area contributed by atoms with E-state index in [1.54, 1.807) is 12.4 Å². The molecule has 18 heavy (non-hydrogen) atoms. The molecule has 9 heteroatoms. The number of aromatic nitrogens is 5. The molecule has 2 heterocycles. The Morgan fingerprint density at radius 1 is 1.33 bits per heavy atom. The highest BCUT2D eigenvalue weighted by molar-refractivity contribution is 5.50. The van der Waals surface area contributed by atoms with E-state index in [0.717, 1.165) is 12.4 Å². The molecule has 0 aromatic carbocycles. The van der Waals surface area contributed by atoms with E-state index in [-0.39, 0.29) is 5.95 Å². The number of hydrazine groups is 1. The van der Waals surface area contributed by atoms with Crippen molar-refractivity contribution in [2.75, 3.05) is 16.5 Å². The Balaban J connectivity index is 2.08. The molecule has 0 spiro atoms. The van der Waals surface area contributed by atoms with Gasteiger partial charge in [0, 0.05) is 12.6 Å². The zero-order valence-electron chi connectivity index (χ0n) is 9.96. The van der Waals surface area contributed by atoms with E-state index in [0.29, 0.717) is 18.2 Å². The van der Waals surface area contributed by atoms with E-state index in [1.807, 2.05) is 11.5 Å². The number of nitrogens with zero attached hydrogens (tertiary/aromatic N) is 5. The number of nitrogens with two attached hydrogens (primary N) is 2. The molecule has 0 saturated carbocycles. The van der Waals surface area contributed by atoms with E-state index in [2.05, 4.69) is 30.9 Å². The molecule has 2 rings (SSSR count). The summed E-state index contributed by atoms with van der Waals surface area (Å²) in [5.41, 5.74) is 7.97. The summed E-state index contributed by atoms with van der Waals surface area (Å²) in [6.45, 7) is 3.33. The Morgan fingerprint density at radius 2 is 2.11 bits per heavy atom. The summed E-state index contributed by atoms with van der Waals surface area (Å²) in [6.07, 6.45) is 1.68. The van der Waals surface area contributed by atoms with Crippen LogP contribution in [0.4, 0.5) is 17.6 Å². The van der Waals surface area contributed by atoms with Crippen molar-refractivity contribution in [1.82, 2.24) is 24.7 Å². The first kappa shape index (κ1) is 12.0. The van der Waals surface area contributed by atoms with Crippen LogP contribution in [0.1, 0.15) is 12.7 Å². The standard InChI is InChI=1S/C9H15N9/c1-2-18-5-13-17-8(18)4-12-6-3-7(16-11)15-9(10)14-6/h3,5H,2,4,11H2,1H3,(H4,10,12,14,15,16). The molecule has 2 aromatic heterocycles. The molecule has 0 radical (unpaired) electrons. The second kappa shape index (κ2) is 5.27. The van der Waals surface area contributed by atoms with Crippen LogP contribution in [-0.4, -0.2) is 24.7 Å². The Bertz CT molecular complexity index is 521. The van der Waals surface area contributed by atoms with Crippen LogP contribution in [0.25, 0.3) is 0 Å². The average Bonchev–Trinajstić information content (AvgIpc) is 2.83. The van der Waals surface area contributed by atoms with E-state index in [4.69, 9.17) is 11.6 Å². The lowest BCUT2D eigenvalue weighted by atomic mass is 10.5. The Hall–Kier alpha value is -2.42. The largest absolute Gasteiger partial charge is 0.368 e. The van der Waals surface area contributed by atoms with Gasteiger partial charge < -0.3 is 21.0 Å². The molecule has 0 atom stereocenters. The van der Waals surface area contributed by atoms with Gasteiger partial charge in [0.05, 0.1) is 6.54 Å². The van der Waals surface area contributed by atoms with Crippen molar-refractivity contribution in [3.05, 3.63) is 18.2 Å². The molecular formula is C9H15N9. The van der Waals surface area contributed by atoms with Crippen LogP contribution in [0.15, 0.2) is 12.4 Å². The predicted molar refractivity (Wildman–Crippen MR) is 67.3 cm³/mol. The molecule has 0 fully saturated rings. The second-order valence-corrected chi connectivity index (χ2v) is 3.53.